The maximum atomic E-state index is 6.16. The van der Waals surface area contributed by atoms with Gasteiger partial charge in [0.25, 0.3) is 0 Å². The van der Waals surface area contributed by atoms with Crippen molar-refractivity contribution in [2.24, 2.45) is 0 Å². The van der Waals surface area contributed by atoms with Crippen LogP contribution in [0.5, 0.6) is 5.75 Å². The summed E-state index contributed by atoms with van der Waals surface area (Å²) in [5.41, 5.74) is 1.05. The molecule has 1 saturated heterocycles. The predicted molar refractivity (Wildman–Crippen MR) is 87.7 cm³/mol. The maximum Gasteiger partial charge on any atom is 0.119 e. The van der Waals surface area contributed by atoms with Crippen LogP contribution in [0.25, 0.3) is 0 Å². The number of benzene rings is 2. The smallest absolute Gasteiger partial charge is 0.119 e. The van der Waals surface area contributed by atoms with Crippen molar-refractivity contribution in [1.82, 2.24) is 4.90 Å². The van der Waals surface area contributed by atoms with E-state index in [1.165, 1.54) is 5.56 Å². The molecule has 1 atom stereocenters. The summed E-state index contributed by atoms with van der Waals surface area (Å²) in [7, 11) is 0. The second-order valence-corrected chi connectivity index (χ2v) is 6.18. The Kier molecular flexibility index (Phi) is 4.46. The molecule has 3 nitrogen and oxygen atoms in total. The highest BCUT2D eigenvalue weighted by molar-refractivity contribution is 5.21. The first-order valence-electron chi connectivity index (χ1n) is 7.78. The van der Waals surface area contributed by atoms with Crippen molar-refractivity contribution in [3.05, 3.63) is 66.2 Å². The van der Waals surface area contributed by atoms with Crippen molar-refractivity contribution in [2.75, 3.05) is 13.2 Å². The fourth-order valence-corrected chi connectivity index (χ4v) is 2.84. The second-order valence-electron chi connectivity index (χ2n) is 6.18. The molecule has 0 aliphatic carbocycles. The van der Waals surface area contributed by atoms with Gasteiger partial charge < -0.3 is 9.47 Å². The summed E-state index contributed by atoms with van der Waals surface area (Å²) in [6, 6.07) is 20.4. The molecule has 3 heteroatoms. The van der Waals surface area contributed by atoms with E-state index in [2.05, 4.69) is 43.0 Å². The van der Waals surface area contributed by atoms with E-state index in [1.807, 2.05) is 36.4 Å². The molecule has 0 amide bonds. The van der Waals surface area contributed by atoms with Crippen LogP contribution in [-0.2, 0) is 11.3 Å². The molecular weight excluding hydrogens is 274 g/mol. The summed E-state index contributed by atoms with van der Waals surface area (Å²) >= 11 is 0. The van der Waals surface area contributed by atoms with Gasteiger partial charge in [0.05, 0.1) is 0 Å². The van der Waals surface area contributed by atoms with E-state index in [-0.39, 0.29) is 11.8 Å². The van der Waals surface area contributed by atoms with E-state index in [1.54, 1.807) is 0 Å². The Morgan fingerprint density at radius 2 is 1.68 bits per heavy atom. The standard InChI is InChI=1S/C19H23NO2/c1-19(2)20(13-16-9-5-3-6-10-16)14-18(22-19)15-21-17-11-7-4-8-12-17/h3-12,18H,13-15H2,1-2H3. The summed E-state index contributed by atoms with van der Waals surface area (Å²) < 4.78 is 12.0. The zero-order valence-electron chi connectivity index (χ0n) is 13.2. The third kappa shape index (κ3) is 3.67. The molecule has 1 aliphatic heterocycles. The van der Waals surface area contributed by atoms with Gasteiger partial charge in [0, 0.05) is 13.1 Å². The summed E-state index contributed by atoms with van der Waals surface area (Å²) in [4.78, 5) is 2.36. The Bertz CT molecular complexity index is 583. The van der Waals surface area contributed by atoms with Gasteiger partial charge in [-0.05, 0) is 31.5 Å². The van der Waals surface area contributed by atoms with Gasteiger partial charge in [-0.3, -0.25) is 4.90 Å². The van der Waals surface area contributed by atoms with Crippen LogP contribution in [0.4, 0.5) is 0 Å². The minimum absolute atomic E-state index is 0.0962. The zero-order chi connectivity index (χ0) is 15.4. The Morgan fingerprint density at radius 3 is 2.36 bits per heavy atom. The van der Waals surface area contributed by atoms with Crippen molar-refractivity contribution >= 4 is 0 Å². The molecule has 0 saturated carbocycles. The van der Waals surface area contributed by atoms with Crippen LogP contribution in [0.3, 0.4) is 0 Å². The zero-order valence-corrected chi connectivity index (χ0v) is 13.2. The Morgan fingerprint density at radius 1 is 1.05 bits per heavy atom. The fraction of sp³-hybridized carbons (Fsp3) is 0.368. The molecule has 0 bridgehead atoms. The van der Waals surface area contributed by atoms with Gasteiger partial charge in [0.2, 0.25) is 0 Å². The summed E-state index contributed by atoms with van der Waals surface area (Å²) in [5, 5.41) is 0. The van der Waals surface area contributed by atoms with E-state index in [9.17, 15) is 0 Å². The lowest BCUT2D eigenvalue weighted by Gasteiger charge is -2.29. The number of ether oxygens (including phenoxy) is 2. The highest BCUT2D eigenvalue weighted by Crippen LogP contribution is 2.28. The van der Waals surface area contributed by atoms with Crippen LogP contribution in [0, 0.1) is 0 Å². The molecule has 0 N–H and O–H groups in total. The van der Waals surface area contributed by atoms with Gasteiger partial charge in [-0.25, -0.2) is 0 Å². The van der Waals surface area contributed by atoms with Crippen molar-refractivity contribution in [3.8, 4) is 5.75 Å². The Labute approximate surface area is 132 Å². The molecule has 1 aliphatic rings. The third-order valence-corrected chi connectivity index (χ3v) is 4.04. The molecule has 3 rings (SSSR count). The van der Waals surface area contributed by atoms with Gasteiger partial charge in [-0.1, -0.05) is 48.5 Å². The summed E-state index contributed by atoms with van der Waals surface area (Å²) in [5.74, 6) is 0.894. The van der Waals surface area contributed by atoms with Crippen LogP contribution in [0.1, 0.15) is 19.4 Å². The molecule has 1 heterocycles. The largest absolute Gasteiger partial charge is 0.491 e. The van der Waals surface area contributed by atoms with E-state index in [0.29, 0.717) is 6.61 Å². The monoisotopic (exact) mass is 297 g/mol. The first-order chi connectivity index (χ1) is 10.6. The van der Waals surface area contributed by atoms with Gasteiger partial charge in [0.1, 0.15) is 24.2 Å². The Balaban J connectivity index is 1.58. The van der Waals surface area contributed by atoms with Crippen LogP contribution in [-0.4, -0.2) is 29.9 Å². The van der Waals surface area contributed by atoms with Crippen LogP contribution >= 0.6 is 0 Å². The van der Waals surface area contributed by atoms with Crippen LogP contribution < -0.4 is 4.74 Å². The predicted octanol–water partition coefficient (Wildman–Crippen LogP) is 3.70. The fourth-order valence-electron chi connectivity index (χ4n) is 2.84. The molecule has 2 aromatic carbocycles. The van der Waals surface area contributed by atoms with Crippen molar-refractivity contribution in [3.63, 3.8) is 0 Å². The molecule has 2 aromatic rings. The molecule has 22 heavy (non-hydrogen) atoms. The molecule has 116 valence electrons. The molecule has 0 spiro atoms. The first kappa shape index (κ1) is 15.1. The van der Waals surface area contributed by atoms with Gasteiger partial charge in [0.15, 0.2) is 0 Å². The number of nitrogens with zero attached hydrogens (tertiary/aromatic N) is 1. The Hall–Kier alpha value is -1.84. The van der Waals surface area contributed by atoms with Crippen LogP contribution in [0.15, 0.2) is 60.7 Å². The van der Waals surface area contributed by atoms with Gasteiger partial charge in [-0.15, -0.1) is 0 Å². The minimum atomic E-state index is -0.263. The van der Waals surface area contributed by atoms with Crippen molar-refractivity contribution in [2.45, 2.75) is 32.2 Å². The van der Waals surface area contributed by atoms with E-state index in [0.717, 1.165) is 18.8 Å². The normalized spacial score (nSPS) is 20.9. The average molecular weight is 297 g/mol. The third-order valence-electron chi connectivity index (χ3n) is 4.04. The second kappa shape index (κ2) is 6.51. The van der Waals surface area contributed by atoms with Crippen molar-refractivity contribution < 1.29 is 9.47 Å². The van der Waals surface area contributed by atoms with Crippen LogP contribution in [0.2, 0.25) is 0 Å². The molecule has 1 unspecified atom stereocenters. The van der Waals surface area contributed by atoms with Gasteiger partial charge >= 0.3 is 0 Å². The average Bonchev–Trinajstić information content (AvgIpc) is 2.81. The molecular formula is C19H23NO2. The van der Waals surface area contributed by atoms with E-state index < -0.39 is 0 Å². The van der Waals surface area contributed by atoms with E-state index >= 15 is 0 Å². The summed E-state index contributed by atoms with van der Waals surface area (Å²) in [6.45, 7) is 6.61. The topological polar surface area (TPSA) is 21.7 Å². The number of hydrogen-bond acceptors (Lipinski definition) is 3. The van der Waals surface area contributed by atoms with E-state index in [4.69, 9.17) is 9.47 Å². The lowest BCUT2D eigenvalue weighted by atomic mass is 10.2. The molecule has 1 fully saturated rings. The number of para-hydroxylation sites is 1. The summed E-state index contributed by atoms with van der Waals surface area (Å²) in [6.07, 6.45) is 0.0962. The quantitative estimate of drug-likeness (QED) is 0.840. The molecule has 0 aromatic heterocycles. The maximum absolute atomic E-state index is 6.16. The van der Waals surface area contributed by atoms with Gasteiger partial charge in [-0.2, -0.15) is 0 Å². The lowest BCUT2D eigenvalue weighted by molar-refractivity contribution is -0.0855. The SMILES string of the molecule is CC1(C)OC(COc2ccccc2)CN1Cc1ccccc1. The first-order valence-corrected chi connectivity index (χ1v) is 7.78. The highest BCUT2D eigenvalue weighted by Gasteiger charge is 2.39. The number of hydrogen-bond donors (Lipinski definition) is 0. The van der Waals surface area contributed by atoms with Crippen molar-refractivity contribution in [1.29, 1.82) is 0 Å². The number of rotatable bonds is 5. The molecule has 0 radical (unpaired) electrons. The minimum Gasteiger partial charge on any atom is -0.491 e. The highest BCUT2D eigenvalue weighted by atomic mass is 16.6. The lowest BCUT2D eigenvalue weighted by Crippen LogP contribution is -2.38.